The summed E-state index contributed by atoms with van der Waals surface area (Å²) in [6.07, 6.45) is 6.08. The van der Waals surface area contributed by atoms with Gasteiger partial charge in [-0.2, -0.15) is 0 Å². The summed E-state index contributed by atoms with van der Waals surface area (Å²) in [6.45, 7) is 1.91. The smallest absolute Gasteiger partial charge is 0.310 e. The number of ether oxygens (including phenoxy) is 1. The SMILES string of the molecule is CCc1cccc(CC(=O)OC2CCCCC2)c1F. The van der Waals surface area contributed by atoms with Crippen molar-refractivity contribution in [2.24, 2.45) is 0 Å². The van der Waals surface area contributed by atoms with E-state index in [0.29, 0.717) is 17.5 Å². The summed E-state index contributed by atoms with van der Waals surface area (Å²) < 4.78 is 19.4. The first kappa shape index (κ1) is 14.0. The molecule has 1 fully saturated rings. The normalized spacial score (nSPS) is 16.3. The number of hydrogen-bond donors (Lipinski definition) is 0. The molecular formula is C16H21FO2. The molecule has 0 atom stereocenters. The predicted octanol–water partition coefficient (Wildman–Crippen LogP) is 3.81. The summed E-state index contributed by atoms with van der Waals surface area (Å²) >= 11 is 0. The topological polar surface area (TPSA) is 26.3 Å². The third-order valence-corrected chi connectivity index (χ3v) is 3.72. The lowest BCUT2D eigenvalue weighted by Gasteiger charge is -2.21. The Labute approximate surface area is 114 Å². The van der Waals surface area contributed by atoms with Crippen molar-refractivity contribution in [2.45, 2.75) is 58.0 Å². The van der Waals surface area contributed by atoms with E-state index in [2.05, 4.69) is 0 Å². The maximum absolute atomic E-state index is 14.0. The van der Waals surface area contributed by atoms with Crippen molar-refractivity contribution in [3.63, 3.8) is 0 Å². The fraction of sp³-hybridized carbons (Fsp3) is 0.562. The molecule has 0 amide bonds. The molecule has 0 aliphatic heterocycles. The maximum atomic E-state index is 14.0. The van der Waals surface area contributed by atoms with E-state index in [1.54, 1.807) is 18.2 Å². The van der Waals surface area contributed by atoms with Gasteiger partial charge in [0.2, 0.25) is 0 Å². The van der Waals surface area contributed by atoms with Crippen LogP contribution in [0, 0.1) is 5.82 Å². The minimum Gasteiger partial charge on any atom is -0.462 e. The molecule has 0 N–H and O–H groups in total. The van der Waals surface area contributed by atoms with Gasteiger partial charge in [0.05, 0.1) is 6.42 Å². The summed E-state index contributed by atoms with van der Waals surface area (Å²) in [7, 11) is 0. The Morgan fingerprint density at radius 1 is 1.26 bits per heavy atom. The van der Waals surface area contributed by atoms with E-state index in [1.807, 2.05) is 6.92 Å². The lowest BCUT2D eigenvalue weighted by atomic mass is 9.98. The molecule has 2 nitrogen and oxygen atoms in total. The number of esters is 1. The van der Waals surface area contributed by atoms with Crippen molar-refractivity contribution < 1.29 is 13.9 Å². The molecule has 0 saturated heterocycles. The number of carbonyl (C=O) groups is 1. The van der Waals surface area contributed by atoms with Crippen LogP contribution in [-0.2, 0) is 22.4 Å². The van der Waals surface area contributed by atoms with Crippen LogP contribution < -0.4 is 0 Å². The van der Waals surface area contributed by atoms with Gasteiger partial charge in [-0.25, -0.2) is 4.39 Å². The third-order valence-electron chi connectivity index (χ3n) is 3.72. The van der Waals surface area contributed by atoms with E-state index in [0.717, 1.165) is 25.7 Å². The van der Waals surface area contributed by atoms with E-state index in [4.69, 9.17) is 4.74 Å². The van der Waals surface area contributed by atoms with Crippen molar-refractivity contribution >= 4 is 5.97 Å². The van der Waals surface area contributed by atoms with Crippen LogP contribution in [0.5, 0.6) is 0 Å². The van der Waals surface area contributed by atoms with Gasteiger partial charge < -0.3 is 4.74 Å². The largest absolute Gasteiger partial charge is 0.462 e. The van der Waals surface area contributed by atoms with E-state index < -0.39 is 0 Å². The number of carbonyl (C=O) groups excluding carboxylic acids is 1. The second-order valence-electron chi connectivity index (χ2n) is 5.17. The van der Waals surface area contributed by atoms with Gasteiger partial charge in [0.25, 0.3) is 0 Å². The van der Waals surface area contributed by atoms with Crippen LogP contribution >= 0.6 is 0 Å². The Morgan fingerprint density at radius 2 is 1.95 bits per heavy atom. The summed E-state index contributed by atoms with van der Waals surface area (Å²) in [6, 6.07) is 5.22. The molecule has 0 aromatic heterocycles. The molecule has 0 radical (unpaired) electrons. The molecule has 104 valence electrons. The predicted molar refractivity (Wildman–Crippen MR) is 72.4 cm³/mol. The highest BCUT2D eigenvalue weighted by Gasteiger charge is 2.19. The highest BCUT2D eigenvalue weighted by molar-refractivity contribution is 5.73. The molecular weight excluding hydrogens is 243 g/mol. The molecule has 1 aliphatic rings. The molecule has 1 aromatic rings. The molecule has 3 heteroatoms. The quantitative estimate of drug-likeness (QED) is 0.773. The lowest BCUT2D eigenvalue weighted by Crippen LogP contribution is -2.22. The fourth-order valence-corrected chi connectivity index (χ4v) is 2.61. The Morgan fingerprint density at radius 3 is 2.63 bits per heavy atom. The van der Waals surface area contributed by atoms with Crippen molar-refractivity contribution in [1.82, 2.24) is 0 Å². The lowest BCUT2D eigenvalue weighted by molar-refractivity contribution is -0.149. The molecule has 1 saturated carbocycles. The summed E-state index contributed by atoms with van der Waals surface area (Å²) in [5.41, 5.74) is 1.10. The van der Waals surface area contributed by atoms with Crippen LogP contribution in [0.2, 0.25) is 0 Å². The number of rotatable bonds is 4. The number of halogens is 1. The van der Waals surface area contributed by atoms with Gasteiger partial charge in [-0.15, -0.1) is 0 Å². The van der Waals surface area contributed by atoms with E-state index >= 15 is 0 Å². The molecule has 19 heavy (non-hydrogen) atoms. The summed E-state index contributed by atoms with van der Waals surface area (Å²) in [5, 5.41) is 0. The van der Waals surface area contributed by atoms with Crippen LogP contribution in [0.4, 0.5) is 4.39 Å². The van der Waals surface area contributed by atoms with Gasteiger partial charge in [-0.1, -0.05) is 31.5 Å². The monoisotopic (exact) mass is 264 g/mol. The average Bonchev–Trinajstić information content (AvgIpc) is 2.42. The zero-order chi connectivity index (χ0) is 13.7. The molecule has 0 spiro atoms. The minimum absolute atomic E-state index is 0.0379. The molecule has 2 rings (SSSR count). The number of aryl methyl sites for hydroxylation is 1. The van der Waals surface area contributed by atoms with E-state index in [9.17, 15) is 9.18 Å². The van der Waals surface area contributed by atoms with Crippen LogP contribution in [0.1, 0.15) is 50.2 Å². The Bertz CT molecular complexity index is 436. The van der Waals surface area contributed by atoms with E-state index in [1.165, 1.54) is 6.42 Å². The second kappa shape index (κ2) is 6.69. The van der Waals surface area contributed by atoms with Crippen molar-refractivity contribution in [2.75, 3.05) is 0 Å². The third kappa shape index (κ3) is 3.79. The van der Waals surface area contributed by atoms with Crippen molar-refractivity contribution in [3.05, 3.63) is 35.1 Å². The van der Waals surface area contributed by atoms with Gasteiger partial charge in [0.15, 0.2) is 0 Å². The zero-order valence-electron chi connectivity index (χ0n) is 11.5. The Kier molecular flexibility index (Phi) is 4.94. The fourth-order valence-electron chi connectivity index (χ4n) is 2.61. The molecule has 0 heterocycles. The average molecular weight is 264 g/mol. The summed E-state index contributed by atoms with van der Waals surface area (Å²) in [4.78, 5) is 11.8. The van der Waals surface area contributed by atoms with Crippen LogP contribution in [0.25, 0.3) is 0 Å². The van der Waals surface area contributed by atoms with Crippen LogP contribution in [0.15, 0.2) is 18.2 Å². The Hall–Kier alpha value is -1.38. The first-order valence-electron chi connectivity index (χ1n) is 7.16. The molecule has 1 aromatic carbocycles. The number of benzene rings is 1. The van der Waals surface area contributed by atoms with Gasteiger partial charge in [-0.05, 0) is 43.2 Å². The summed E-state index contributed by atoms with van der Waals surface area (Å²) in [5.74, 6) is -0.565. The van der Waals surface area contributed by atoms with Gasteiger partial charge in [-0.3, -0.25) is 4.79 Å². The maximum Gasteiger partial charge on any atom is 0.310 e. The minimum atomic E-state index is -0.306. The molecule has 0 unspecified atom stereocenters. The molecule has 1 aliphatic carbocycles. The second-order valence-corrected chi connectivity index (χ2v) is 5.17. The highest BCUT2D eigenvalue weighted by atomic mass is 19.1. The van der Waals surface area contributed by atoms with Crippen molar-refractivity contribution in [3.8, 4) is 0 Å². The molecule has 0 bridgehead atoms. The first-order valence-corrected chi connectivity index (χ1v) is 7.16. The van der Waals surface area contributed by atoms with Crippen molar-refractivity contribution in [1.29, 1.82) is 0 Å². The van der Waals surface area contributed by atoms with Gasteiger partial charge >= 0.3 is 5.97 Å². The number of hydrogen-bond acceptors (Lipinski definition) is 2. The van der Waals surface area contributed by atoms with Gasteiger partial charge in [0.1, 0.15) is 11.9 Å². The first-order chi connectivity index (χ1) is 9.20. The van der Waals surface area contributed by atoms with Crippen LogP contribution in [-0.4, -0.2) is 12.1 Å². The van der Waals surface area contributed by atoms with E-state index in [-0.39, 0.29) is 24.3 Å². The standard InChI is InChI=1S/C16H21FO2/c1-2-12-7-6-8-13(16(12)17)11-15(18)19-14-9-4-3-5-10-14/h6-8,14H,2-5,9-11H2,1H3. The van der Waals surface area contributed by atoms with Gasteiger partial charge in [0, 0.05) is 0 Å². The highest BCUT2D eigenvalue weighted by Crippen LogP contribution is 2.21. The zero-order valence-corrected chi connectivity index (χ0v) is 11.5. The van der Waals surface area contributed by atoms with Crippen LogP contribution in [0.3, 0.4) is 0 Å². The Balaban J connectivity index is 1.94.